The quantitative estimate of drug-likeness (QED) is 0.929. The fourth-order valence-electron chi connectivity index (χ4n) is 1.79. The summed E-state index contributed by atoms with van der Waals surface area (Å²) >= 11 is 6.01. The van der Waals surface area contributed by atoms with Crippen LogP contribution in [0.3, 0.4) is 0 Å². The Morgan fingerprint density at radius 1 is 1.32 bits per heavy atom. The monoisotopic (exact) mass is 304 g/mol. The van der Waals surface area contributed by atoms with E-state index in [1.807, 2.05) is 20.8 Å². The average molecular weight is 305 g/mol. The highest BCUT2D eigenvalue weighted by molar-refractivity contribution is 7.89. The van der Waals surface area contributed by atoms with Crippen molar-refractivity contribution >= 4 is 21.6 Å². The lowest BCUT2D eigenvalue weighted by Gasteiger charge is -2.26. The molecule has 6 heteroatoms. The molecule has 0 bridgehead atoms. The van der Waals surface area contributed by atoms with Gasteiger partial charge in [0.2, 0.25) is 10.0 Å². The first-order valence-electron chi connectivity index (χ1n) is 6.03. The van der Waals surface area contributed by atoms with Crippen LogP contribution in [0.25, 0.3) is 0 Å². The molecule has 0 saturated carbocycles. The van der Waals surface area contributed by atoms with Crippen molar-refractivity contribution in [3.05, 3.63) is 28.8 Å². The Morgan fingerprint density at radius 2 is 1.89 bits per heavy atom. The molecule has 2 N–H and O–H groups in total. The van der Waals surface area contributed by atoms with Crippen LogP contribution in [0, 0.1) is 5.41 Å². The lowest BCUT2D eigenvalue weighted by Crippen LogP contribution is -2.34. The van der Waals surface area contributed by atoms with Crippen molar-refractivity contribution in [2.24, 2.45) is 11.1 Å². The molecule has 19 heavy (non-hydrogen) atoms. The van der Waals surface area contributed by atoms with E-state index >= 15 is 0 Å². The van der Waals surface area contributed by atoms with Crippen molar-refractivity contribution in [3.63, 3.8) is 0 Å². The minimum Gasteiger partial charge on any atom is -0.326 e. The first kappa shape index (κ1) is 16.4. The Kier molecular flexibility index (Phi) is 5.01. The van der Waals surface area contributed by atoms with Crippen molar-refractivity contribution < 1.29 is 8.42 Å². The van der Waals surface area contributed by atoms with E-state index in [1.54, 1.807) is 19.2 Å². The Balaban J connectivity index is 3.10. The molecule has 0 radical (unpaired) electrons. The number of rotatable bonds is 4. The fourth-order valence-corrected chi connectivity index (χ4v) is 3.53. The number of halogens is 1. The van der Waals surface area contributed by atoms with Gasteiger partial charge >= 0.3 is 0 Å². The topological polar surface area (TPSA) is 63.4 Å². The van der Waals surface area contributed by atoms with Crippen LogP contribution < -0.4 is 5.73 Å². The number of benzene rings is 1. The van der Waals surface area contributed by atoms with Crippen LogP contribution in [0.4, 0.5) is 0 Å². The molecule has 4 nitrogen and oxygen atoms in total. The molecule has 0 aliphatic carbocycles. The van der Waals surface area contributed by atoms with E-state index in [4.69, 9.17) is 17.3 Å². The Morgan fingerprint density at radius 3 is 2.32 bits per heavy atom. The van der Waals surface area contributed by atoms with Gasteiger partial charge in [-0.05, 0) is 23.1 Å². The molecule has 1 rings (SSSR count). The highest BCUT2D eigenvalue weighted by Gasteiger charge is 2.25. The van der Waals surface area contributed by atoms with E-state index in [2.05, 4.69) is 0 Å². The molecule has 0 unspecified atom stereocenters. The normalized spacial score (nSPS) is 13.0. The lowest BCUT2D eigenvalue weighted by molar-refractivity contribution is 0.311. The van der Waals surface area contributed by atoms with Gasteiger partial charge in [0.1, 0.15) is 0 Å². The van der Waals surface area contributed by atoms with Crippen molar-refractivity contribution in [2.75, 3.05) is 13.6 Å². The SMILES string of the molecule is CN(CC(C)(C)C)S(=O)(=O)c1ccc(CN)c(Cl)c1. The van der Waals surface area contributed by atoms with E-state index < -0.39 is 10.0 Å². The molecule has 0 spiro atoms. The number of sulfonamides is 1. The zero-order valence-electron chi connectivity index (χ0n) is 11.8. The fraction of sp³-hybridized carbons (Fsp3) is 0.538. The summed E-state index contributed by atoms with van der Waals surface area (Å²) in [6, 6.07) is 4.65. The van der Waals surface area contributed by atoms with Crippen molar-refractivity contribution in [3.8, 4) is 0 Å². The molecular formula is C13H21ClN2O2S. The van der Waals surface area contributed by atoms with Gasteiger partial charge in [0.25, 0.3) is 0 Å². The molecule has 0 fully saturated rings. The first-order chi connectivity index (χ1) is 8.58. The van der Waals surface area contributed by atoms with Gasteiger partial charge in [-0.3, -0.25) is 0 Å². The van der Waals surface area contributed by atoms with Gasteiger partial charge in [-0.15, -0.1) is 0 Å². The molecule has 0 aliphatic heterocycles. The predicted octanol–water partition coefficient (Wildman–Crippen LogP) is 2.47. The molecular weight excluding hydrogens is 284 g/mol. The standard InChI is InChI=1S/C13H21ClN2O2S/c1-13(2,3)9-16(4)19(17,18)11-6-5-10(8-15)12(14)7-11/h5-7H,8-9,15H2,1-4H3. The lowest BCUT2D eigenvalue weighted by atomic mass is 9.97. The van der Waals surface area contributed by atoms with Gasteiger partial charge in [-0.25, -0.2) is 12.7 Å². The zero-order chi connectivity index (χ0) is 14.8. The maximum absolute atomic E-state index is 12.4. The number of nitrogens with two attached hydrogens (primary N) is 1. The summed E-state index contributed by atoms with van der Waals surface area (Å²) in [5, 5.41) is 0.382. The van der Waals surface area contributed by atoms with Crippen LogP contribution in [0.2, 0.25) is 5.02 Å². The van der Waals surface area contributed by atoms with Crippen LogP contribution in [-0.2, 0) is 16.6 Å². The highest BCUT2D eigenvalue weighted by Crippen LogP contribution is 2.24. The van der Waals surface area contributed by atoms with Gasteiger partial charge < -0.3 is 5.73 Å². The summed E-state index contributed by atoms with van der Waals surface area (Å²) in [4.78, 5) is 0.196. The van der Waals surface area contributed by atoms with Crippen LogP contribution in [0.1, 0.15) is 26.3 Å². The maximum Gasteiger partial charge on any atom is 0.242 e. The van der Waals surface area contributed by atoms with Crippen LogP contribution in [-0.4, -0.2) is 26.3 Å². The second-order valence-electron chi connectivity index (χ2n) is 5.78. The molecule has 0 amide bonds. The summed E-state index contributed by atoms with van der Waals surface area (Å²) < 4.78 is 26.1. The van der Waals surface area contributed by atoms with E-state index in [-0.39, 0.29) is 16.9 Å². The van der Waals surface area contributed by atoms with E-state index in [1.165, 1.54) is 10.4 Å². The Hall–Kier alpha value is -0.620. The second kappa shape index (κ2) is 5.79. The van der Waals surface area contributed by atoms with Crippen LogP contribution in [0.5, 0.6) is 0 Å². The minimum absolute atomic E-state index is 0.108. The molecule has 0 aliphatic rings. The summed E-state index contributed by atoms with van der Waals surface area (Å²) in [5.74, 6) is 0. The maximum atomic E-state index is 12.4. The van der Waals surface area contributed by atoms with Gasteiger partial charge in [0.05, 0.1) is 4.90 Å². The third kappa shape index (κ3) is 4.18. The third-order valence-corrected chi connectivity index (χ3v) is 4.80. The molecule has 108 valence electrons. The van der Waals surface area contributed by atoms with Gasteiger partial charge in [-0.1, -0.05) is 38.4 Å². The molecule has 1 aromatic carbocycles. The van der Waals surface area contributed by atoms with E-state index in [0.29, 0.717) is 11.6 Å². The molecule has 0 heterocycles. The summed E-state index contributed by atoms with van der Waals surface area (Å²) in [6.07, 6.45) is 0. The van der Waals surface area contributed by atoms with Crippen molar-refractivity contribution in [2.45, 2.75) is 32.2 Å². The molecule has 0 atom stereocenters. The Labute approximate surface area is 120 Å². The van der Waals surface area contributed by atoms with Crippen molar-refractivity contribution in [1.82, 2.24) is 4.31 Å². The van der Waals surface area contributed by atoms with E-state index in [0.717, 1.165) is 5.56 Å². The smallest absolute Gasteiger partial charge is 0.242 e. The zero-order valence-corrected chi connectivity index (χ0v) is 13.3. The average Bonchev–Trinajstić information content (AvgIpc) is 2.26. The summed E-state index contributed by atoms with van der Waals surface area (Å²) in [5.41, 5.74) is 6.14. The third-order valence-electron chi connectivity index (χ3n) is 2.65. The number of hydrogen-bond donors (Lipinski definition) is 1. The van der Waals surface area contributed by atoms with Gasteiger partial charge in [0, 0.05) is 25.2 Å². The minimum atomic E-state index is -3.51. The van der Waals surface area contributed by atoms with Crippen LogP contribution >= 0.6 is 11.6 Å². The number of hydrogen-bond acceptors (Lipinski definition) is 3. The largest absolute Gasteiger partial charge is 0.326 e. The van der Waals surface area contributed by atoms with Gasteiger partial charge in [0.15, 0.2) is 0 Å². The summed E-state index contributed by atoms with van der Waals surface area (Å²) in [7, 11) is -1.94. The molecule has 0 saturated heterocycles. The Bertz CT molecular complexity index is 550. The molecule has 0 aromatic heterocycles. The predicted molar refractivity (Wildman–Crippen MR) is 78.6 cm³/mol. The van der Waals surface area contributed by atoms with Crippen LogP contribution in [0.15, 0.2) is 23.1 Å². The molecule has 1 aromatic rings. The van der Waals surface area contributed by atoms with E-state index in [9.17, 15) is 8.42 Å². The highest BCUT2D eigenvalue weighted by atomic mass is 35.5. The van der Waals surface area contributed by atoms with Gasteiger partial charge in [-0.2, -0.15) is 0 Å². The number of nitrogens with zero attached hydrogens (tertiary/aromatic N) is 1. The first-order valence-corrected chi connectivity index (χ1v) is 7.84. The summed E-state index contributed by atoms with van der Waals surface area (Å²) in [6.45, 7) is 6.69. The second-order valence-corrected chi connectivity index (χ2v) is 8.23. The van der Waals surface area contributed by atoms with Crippen molar-refractivity contribution in [1.29, 1.82) is 0 Å².